The van der Waals surface area contributed by atoms with E-state index in [1.807, 2.05) is 0 Å². The SMILES string of the molecule is CCN(CC)S(=O)(=O)c1cc(C(=O)N2CCN(CC3CCCO3)CC2)ccc1Cl. The highest BCUT2D eigenvalue weighted by Gasteiger charge is 2.28. The van der Waals surface area contributed by atoms with Crippen LogP contribution in [0.25, 0.3) is 0 Å². The van der Waals surface area contributed by atoms with Gasteiger partial charge in [0.1, 0.15) is 4.90 Å². The van der Waals surface area contributed by atoms with E-state index >= 15 is 0 Å². The van der Waals surface area contributed by atoms with Crippen molar-refractivity contribution in [2.24, 2.45) is 0 Å². The van der Waals surface area contributed by atoms with Gasteiger partial charge in [-0.05, 0) is 31.0 Å². The molecule has 2 aliphatic heterocycles. The van der Waals surface area contributed by atoms with Crippen molar-refractivity contribution in [1.29, 1.82) is 0 Å². The summed E-state index contributed by atoms with van der Waals surface area (Å²) in [4.78, 5) is 17.1. The minimum atomic E-state index is -3.73. The van der Waals surface area contributed by atoms with Crippen molar-refractivity contribution in [3.05, 3.63) is 28.8 Å². The molecule has 0 aliphatic carbocycles. The molecule has 0 aromatic heterocycles. The van der Waals surface area contributed by atoms with Gasteiger partial charge in [0.05, 0.1) is 11.1 Å². The maximum atomic E-state index is 13.0. The molecule has 0 spiro atoms. The molecular formula is C20H30ClN3O4S. The van der Waals surface area contributed by atoms with E-state index in [-0.39, 0.29) is 15.8 Å². The second-order valence-electron chi connectivity index (χ2n) is 7.46. The predicted octanol–water partition coefficient (Wildman–Crippen LogP) is 2.31. The third kappa shape index (κ3) is 5.11. The van der Waals surface area contributed by atoms with Crippen LogP contribution in [-0.2, 0) is 14.8 Å². The lowest BCUT2D eigenvalue weighted by Gasteiger charge is -2.35. The van der Waals surface area contributed by atoms with Crippen LogP contribution in [0.2, 0.25) is 5.02 Å². The van der Waals surface area contributed by atoms with Gasteiger partial charge in [-0.15, -0.1) is 0 Å². The Kier molecular flexibility index (Phi) is 7.56. The summed E-state index contributed by atoms with van der Waals surface area (Å²) in [6.07, 6.45) is 2.54. The zero-order valence-electron chi connectivity index (χ0n) is 17.1. The molecule has 0 bridgehead atoms. The van der Waals surface area contributed by atoms with Crippen LogP contribution in [-0.4, -0.2) is 87.0 Å². The van der Waals surface area contributed by atoms with Gasteiger partial charge in [0.15, 0.2) is 0 Å². The molecule has 2 fully saturated rings. The molecule has 0 saturated carbocycles. The molecule has 9 heteroatoms. The molecule has 1 aromatic carbocycles. The van der Waals surface area contributed by atoms with E-state index in [0.29, 0.717) is 37.8 Å². The Labute approximate surface area is 178 Å². The van der Waals surface area contributed by atoms with Gasteiger partial charge in [0, 0.05) is 58.0 Å². The first-order valence-corrected chi connectivity index (χ1v) is 12.1. The Morgan fingerprint density at radius 1 is 1.21 bits per heavy atom. The highest BCUT2D eigenvalue weighted by molar-refractivity contribution is 7.89. The first kappa shape index (κ1) is 22.5. The van der Waals surface area contributed by atoms with Crippen molar-refractivity contribution in [2.75, 3.05) is 52.4 Å². The Hall–Kier alpha value is -1.19. The number of hydrogen-bond acceptors (Lipinski definition) is 5. The largest absolute Gasteiger partial charge is 0.377 e. The summed E-state index contributed by atoms with van der Waals surface area (Å²) in [5.41, 5.74) is 0.354. The van der Waals surface area contributed by atoms with Crippen molar-refractivity contribution < 1.29 is 17.9 Å². The number of carbonyl (C=O) groups is 1. The molecule has 7 nitrogen and oxygen atoms in total. The van der Waals surface area contributed by atoms with Gasteiger partial charge in [0.2, 0.25) is 10.0 Å². The average molecular weight is 444 g/mol. The quantitative estimate of drug-likeness (QED) is 0.646. The molecule has 1 atom stereocenters. The second kappa shape index (κ2) is 9.75. The monoisotopic (exact) mass is 443 g/mol. The predicted molar refractivity (Wildman–Crippen MR) is 113 cm³/mol. The molecule has 2 heterocycles. The van der Waals surface area contributed by atoms with Crippen molar-refractivity contribution in [3.8, 4) is 0 Å². The summed E-state index contributed by atoms with van der Waals surface area (Å²) in [6.45, 7) is 8.83. The number of piperazine rings is 1. The van der Waals surface area contributed by atoms with Gasteiger partial charge in [-0.2, -0.15) is 4.31 Å². The number of rotatable bonds is 7. The lowest BCUT2D eigenvalue weighted by Crippen LogP contribution is -2.50. The lowest BCUT2D eigenvalue weighted by molar-refractivity contribution is 0.0432. The maximum absolute atomic E-state index is 13.0. The summed E-state index contributed by atoms with van der Waals surface area (Å²) in [7, 11) is -3.73. The molecule has 2 aliphatic rings. The van der Waals surface area contributed by atoms with Crippen LogP contribution >= 0.6 is 11.6 Å². The fourth-order valence-corrected chi connectivity index (χ4v) is 5.89. The van der Waals surface area contributed by atoms with Gasteiger partial charge >= 0.3 is 0 Å². The van der Waals surface area contributed by atoms with Crippen molar-refractivity contribution >= 4 is 27.5 Å². The fraction of sp³-hybridized carbons (Fsp3) is 0.650. The standard InChI is InChI=1S/C20H30ClN3O4S/c1-3-24(4-2)29(26,27)19-14-16(7-8-18(19)21)20(25)23-11-9-22(10-12-23)15-17-6-5-13-28-17/h7-8,14,17H,3-6,9-13,15H2,1-2H3. The summed E-state index contributed by atoms with van der Waals surface area (Å²) < 4.78 is 32.8. The fourth-order valence-electron chi connectivity index (χ4n) is 3.93. The highest BCUT2D eigenvalue weighted by Crippen LogP contribution is 2.26. The Balaban J connectivity index is 1.68. The lowest BCUT2D eigenvalue weighted by atomic mass is 10.1. The maximum Gasteiger partial charge on any atom is 0.253 e. The van der Waals surface area contributed by atoms with E-state index in [2.05, 4.69) is 4.90 Å². The van der Waals surface area contributed by atoms with Crippen molar-refractivity contribution in [2.45, 2.75) is 37.7 Å². The van der Waals surface area contributed by atoms with E-state index in [0.717, 1.165) is 39.1 Å². The first-order chi connectivity index (χ1) is 13.9. The van der Waals surface area contributed by atoms with Crippen molar-refractivity contribution in [1.82, 2.24) is 14.1 Å². The average Bonchev–Trinajstić information content (AvgIpc) is 3.22. The summed E-state index contributed by atoms with van der Waals surface area (Å²) in [5, 5.41) is 0.134. The minimum Gasteiger partial charge on any atom is -0.377 e. The van der Waals surface area contributed by atoms with Crippen molar-refractivity contribution in [3.63, 3.8) is 0 Å². The van der Waals surface area contributed by atoms with Crippen LogP contribution in [0.15, 0.2) is 23.1 Å². The zero-order chi connectivity index (χ0) is 21.0. The molecule has 0 N–H and O–H groups in total. The van der Waals surface area contributed by atoms with Crippen LogP contribution in [0.4, 0.5) is 0 Å². The molecule has 1 amide bonds. The number of halogens is 1. The number of amides is 1. The van der Waals surface area contributed by atoms with Gasteiger partial charge in [-0.1, -0.05) is 25.4 Å². The molecule has 3 rings (SSSR count). The number of nitrogens with zero attached hydrogens (tertiary/aromatic N) is 3. The number of sulfonamides is 1. The van der Waals surface area contributed by atoms with E-state index in [4.69, 9.17) is 16.3 Å². The summed E-state index contributed by atoms with van der Waals surface area (Å²) in [6, 6.07) is 4.51. The van der Waals surface area contributed by atoms with E-state index < -0.39 is 10.0 Å². The second-order valence-corrected chi connectivity index (χ2v) is 9.78. The van der Waals surface area contributed by atoms with E-state index in [1.54, 1.807) is 24.8 Å². The molecule has 162 valence electrons. The van der Waals surface area contributed by atoms with E-state index in [9.17, 15) is 13.2 Å². The van der Waals surface area contributed by atoms with Gasteiger partial charge in [-0.25, -0.2) is 8.42 Å². The Bertz CT molecular complexity index is 815. The van der Waals surface area contributed by atoms with Gasteiger partial charge in [0.25, 0.3) is 5.91 Å². The van der Waals surface area contributed by atoms with Crippen LogP contribution in [0.3, 0.4) is 0 Å². The molecule has 0 radical (unpaired) electrons. The topological polar surface area (TPSA) is 70.2 Å². The van der Waals surface area contributed by atoms with Gasteiger partial charge < -0.3 is 9.64 Å². The van der Waals surface area contributed by atoms with Crippen LogP contribution in [0, 0.1) is 0 Å². The number of hydrogen-bond donors (Lipinski definition) is 0. The Morgan fingerprint density at radius 2 is 1.90 bits per heavy atom. The van der Waals surface area contributed by atoms with Crippen LogP contribution in [0.1, 0.15) is 37.0 Å². The molecule has 1 unspecified atom stereocenters. The molecule has 29 heavy (non-hydrogen) atoms. The summed E-state index contributed by atoms with van der Waals surface area (Å²) in [5.74, 6) is -0.158. The third-order valence-electron chi connectivity index (χ3n) is 5.65. The summed E-state index contributed by atoms with van der Waals surface area (Å²) >= 11 is 6.18. The third-order valence-corrected chi connectivity index (χ3v) is 8.18. The Morgan fingerprint density at radius 3 is 2.48 bits per heavy atom. The van der Waals surface area contributed by atoms with Crippen LogP contribution < -0.4 is 0 Å². The van der Waals surface area contributed by atoms with Gasteiger partial charge in [-0.3, -0.25) is 9.69 Å². The smallest absolute Gasteiger partial charge is 0.253 e. The highest BCUT2D eigenvalue weighted by atomic mass is 35.5. The van der Waals surface area contributed by atoms with E-state index in [1.165, 1.54) is 16.4 Å². The first-order valence-electron chi connectivity index (χ1n) is 10.3. The number of benzene rings is 1. The number of carbonyl (C=O) groups excluding carboxylic acids is 1. The normalized spacial score (nSPS) is 21.1. The molecule has 2 saturated heterocycles. The zero-order valence-corrected chi connectivity index (χ0v) is 18.7. The molecule has 1 aromatic rings. The minimum absolute atomic E-state index is 0.00858. The number of ether oxygens (including phenoxy) is 1. The molecular weight excluding hydrogens is 414 g/mol. The van der Waals surface area contributed by atoms with Crippen LogP contribution in [0.5, 0.6) is 0 Å².